The minimum atomic E-state index is -0.833. The van der Waals surface area contributed by atoms with Gasteiger partial charge in [0, 0.05) is 19.9 Å². The Labute approximate surface area is 178 Å². The summed E-state index contributed by atoms with van der Waals surface area (Å²) < 4.78 is 10.3. The highest BCUT2D eigenvalue weighted by atomic mass is 16.6. The Balaban J connectivity index is 0.00000192. The molecule has 0 unspecified atom stereocenters. The molecule has 1 aromatic carbocycles. The monoisotopic (exact) mass is 422 g/mol. The van der Waals surface area contributed by atoms with Gasteiger partial charge in [0.2, 0.25) is 5.91 Å². The van der Waals surface area contributed by atoms with Gasteiger partial charge in [0.25, 0.3) is 5.97 Å². The number of unbranched alkanes of at least 4 members (excludes halogenated alkanes) is 2. The molecule has 1 aromatic rings. The van der Waals surface area contributed by atoms with Crippen LogP contribution in [0.3, 0.4) is 0 Å². The van der Waals surface area contributed by atoms with Crippen LogP contribution in [0.15, 0.2) is 30.4 Å². The second kappa shape index (κ2) is 16.0. The lowest BCUT2D eigenvalue weighted by Gasteiger charge is -2.11. The largest absolute Gasteiger partial charge is 0.493 e. The maximum Gasteiger partial charge on any atom is 0.325 e. The van der Waals surface area contributed by atoms with E-state index < -0.39 is 11.9 Å². The van der Waals surface area contributed by atoms with Crippen molar-refractivity contribution < 1.29 is 29.0 Å². The van der Waals surface area contributed by atoms with E-state index in [1.165, 1.54) is 7.11 Å². The number of ether oxygens (including phenoxy) is 2. The average Bonchev–Trinajstić information content (AvgIpc) is 2.68. The molecule has 0 radical (unpaired) electrons. The first kappa shape index (κ1) is 27.1. The third kappa shape index (κ3) is 14.2. The number of amides is 1. The lowest BCUT2D eigenvalue weighted by Crippen LogP contribution is -2.22. The number of carbonyl (C=O) groups excluding carboxylic acids is 2. The van der Waals surface area contributed by atoms with Crippen molar-refractivity contribution >= 4 is 17.8 Å². The second-order valence-electron chi connectivity index (χ2n) is 6.88. The molecule has 0 atom stereocenters. The highest BCUT2D eigenvalue weighted by Gasteiger charge is 2.10. The Kier molecular flexibility index (Phi) is 14.5. The van der Waals surface area contributed by atoms with E-state index in [1.807, 2.05) is 0 Å². The summed E-state index contributed by atoms with van der Waals surface area (Å²) in [6.07, 6.45) is 7.75. The van der Waals surface area contributed by atoms with Gasteiger partial charge in [-0.3, -0.25) is 14.4 Å². The fraction of sp³-hybridized carbons (Fsp3) is 0.500. The highest BCUT2D eigenvalue weighted by molar-refractivity contribution is 5.76. The first-order valence-electron chi connectivity index (χ1n) is 9.90. The molecule has 1 amide bonds. The van der Waals surface area contributed by atoms with Crippen molar-refractivity contribution in [1.29, 1.82) is 0 Å². The van der Waals surface area contributed by atoms with Crippen LogP contribution in [0.1, 0.15) is 52.0 Å². The number of hydrogen-bond acceptors (Lipinski definition) is 6. The molecule has 0 aliphatic carbocycles. The van der Waals surface area contributed by atoms with E-state index >= 15 is 0 Å². The van der Waals surface area contributed by atoms with Gasteiger partial charge in [0.1, 0.15) is 0 Å². The van der Waals surface area contributed by atoms with Gasteiger partial charge in [0.05, 0.1) is 13.7 Å². The van der Waals surface area contributed by atoms with E-state index in [9.17, 15) is 9.59 Å². The van der Waals surface area contributed by atoms with Crippen LogP contribution in [0, 0.1) is 5.92 Å². The normalized spacial score (nSPS) is 10.3. The minimum absolute atomic E-state index is 0.0236. The van der Waals surface area contributed by atoms with Gasteiger partial charge >= 0.3 is 5.97 Å². The summed E-state index contributed by atoms with van der Waals surface area (Å²) in [6, 6.07) is 5.14. The van der Waals surface area contributed by atoms with E-state index in [0.29, 0.717) is 30.4 Å². The predicted octanol–water partition coefficient (Wildman–Crippen LogP) is 3.04. The van der Waals surface area contributed by atoms with Crippen LogP contribution in [-0.2, 0) is 20.9 Å². The van der Waals surface area contributed by atoms with Crippen molar-refractivity contribution in [2.75, 3.05) is 13.7 Å². The Bertz CT molecular complexity index is 697. The zero-order chi connectivity index (χ0) is 22.9. The molecule has 0 aromatic heterocycles. The fourth-order valence-corrected chi connectivity index (χ4v) is 2.28. The summed E-state index contributed by atoms with van der Waals surface area (Å²) >= 11 is 0. The lowest BCUT2D eigenvalue weighted by atomic mass is 10.1. The fourth-order valence-electron chi connectivity index (χ4n) is 2.28. The van der Waals surface area contributed by atoms with Gasteiger partial charge < -0.3 is 25.6 Å². The van der Waals surface area contributed by atoms with E-state index in [-0.39, 0.29) is 12.5 Å². The smallest absolute Gasteiger partial charge is 0.325 e. The van der Waals surface area contributed by atoms with Crippen LogP contribution < -0.4 is 20.5 Å². The molecule has 0 aliphatic rings. The second-order valence-corrected chi connectivity index (χ2v) is 6.88. The van der Waals surface area contributed by atoms with Crippen molar-refractivity contribution in [3.63, 3.8) is 0 Å². The molecule has 0 aliphatic heterocycles. The van der Waals surface area contributed by atoms with E-state index in [2.05, 4.69) is 31.3 Å². The maximum atomic E-state index is 11.9. The first-order chi connectivity index (χ1) is 14.2. The molecular weight excluding hydrogens is 388 g/mol. The Morgan fingerprint density at radius 1 is 1.20 bits per heavy atom. The van der Waals surface area contributed by atoms with Crippen molar-refractivity contribution in [2.24, 2.45) is 11.7 Å². The summed E-state index contributed by atoms with van der Waals surface area (Å²) in [6.45, 7) is 5.57. The molecule has 8 nitrogen and oxygen atoms in total. The van der Waals surface area contributed by atoms with Gasteiger partial charge in [0.15, 0.2) is 11.5 Å². The molecule has 0 spiro atoms. The number of carbonyl (C=O) groups is 3. The van der Waals surface area contributed by atoms with E-state index in [0.717, 1.165) is 31.7 Å². The molecule has 168 valence electrons. The number of carboxylic acids is 1. The molecular formula is C22H34N2O6. The quantitative estimate of drug-likeness (QED) is 0.216. The number of rotatable bonds is 11. The number of esters is 1. The number of hydrogen-bond donors (Lipinski definition) is 3. The lowest BCUT2D eigenvalue weighted by molar-refractivity contribution is -0.134. The third-order valence-electron chi connectivity index (χ3n) is 3.65. The molecule has 0 saturated heterocycles. The average molecular weight is 423 g/mol. The Morgan fingerprint density at radius 2 is 1.87 bits per heavy atom. The maximum absolute atomic E-state index is 11.9. The summed E-state index contributed by atoms with van der Waals surface area (Å²) in [4.78, 5) is 32.2. The number of nitrogens with one attached hydrogen (secondary N) is 1. The minimum Gasteiger partial charge on any atom is -0.493 e. The van der Waals surface area contributed by atoms with Crippen LogP contribution in [0.4, 0.5) is 0 Å². The van der Waals surface area contributed by atoms with Crippen LogP contribution in [-0.4, -0.2) is 36.6 Å². The summed E-state index contributed by atoms with van der Waals surface area (Å²) in [5.41, 5.74) is 6.10. The number of methoxy groups -OCH3 is 1. The molecule has 30 heavy (non-hydrogen) atoms. The van der Waals surface area contributed by atoms with Crippen molar-refractivity contribution in [3.8, 4) is 11.5 Å². The number of carboxylic acid groups (broad SMARTS) is 1. The summed E-state index contributed by atoms with van der Waals surface area (Å²) in [7, 11) is 1.49. The first-order valence-corrected chi connectivity index (χ1v) is 9.90. The Hall–Kier alpha value is -2.87. The number of benzene rings is 1. The SMILES string of the molecule is CC(=O)O.COc1cc(CNC(=O)CCCC/C=C/C(C)C)ccc1OC(=O)CN. The third-order valence-corrected chi connectivity index (χ3v) is 3.65. The van der Waals surface area contributed by atoms with E-state index in [1.54, 1.807) is 18.2 Å². The molecule has 1 rings (SSSR count). The molecule has 0 saturated carbocycles. The van der Waals surface area contributed by atoms with Crippen molar-refractivity contribution in [2.45, 2.75) is 53.0 Å². The van der Waals surface area contributed by atoms with Gasteiger partial charge in [-0.05, 0) is 42.9 Å². The van der Waals surface area contributed by atoms with Crippen LogP contribution in [0.5, 0.6) is 11.5 Å². The molecule has 0 heterocycles. The highest BCUT2D eigenvalue weighted by Crippen LogP contribution is 2.28. The van der Waals surface area contributed by atoms with Gasteiger partial charge in [-0.1, -0.05) is 32.1 Å². The van der Waals surface area contributed by atoms with Crippen LogP contribution in [0.25, 0.3) is 0 Å². The summed E-state index contributed by atoms with van der Waals surface area (Å²) in [5.74, 6) is -0.0356. The van der Waals surface area contributed by atoms with Gasteiger partial charge in [-0.15, -0.1) is 0 Å². The van der Waals surface area contributed by atoms with E-state index in [4.69, 9.17) is 25.1 Å². The van der Waals surface area contributed by atoms with Crippen molar-refractivity contribution in [3.05, 3.63) is 35.9 Å². The van der Waals surface area contributed by atoms with Crippen molar-refractivity contribution in [1.82, 2.24) is 5.32 Å². The predicted molar refractivity (Wildman–Crippen MR) is 115 cm³/mol. The van der Waals surface area contributed by atoms with Gasteiger partial charge in [-0.25, -0.2) is 0 Å². The molecule has 0 bridgehead atoms. The van der Waals surface area contributed by atoms with Crippen LogP contribution >= 0.6 is 0 Å². The molecule has 4 N–H and O–H groups in total. The number of nitrogens with two attached hydrogens (primary N) is 1. The standard InChI is InChI=1S/C20H30N2O4.C2H4O2/c1-15(2)8-6-4-5-7-9-19(23)22-14-16-10-11-17(18(12-16)25-3)26-20(24)13-21;1-2(3)4/h6,8,10-12,15H,4-5,7,9,13-14,21H2,1-3H3,(H,22,23);1H3,(H,3,4)/b8-6+;. The molecule has 8 heteroatoms. The molecule has 0 fully saturated rings. The topological polar surface area (TPSA) is 128 Å². The zero-order valence-corrected chi connectivity index (χ0v) is 18.3. The number of allylic oxidation sites excluding steroid dienone is 2. The zero-order valence-electron chi connectivity index (χ0n) is 18.3. The summed E-state index contributed by atoms with van der Waals surface area (Å²) in [5, 5.41) is 10.3. The van der Waals surface area contributed by atoms with Crippen LogP contribution in [0.2, 0.25) is 0 Å². The Morgan fingerprint density at radius 3 is 2.43 bits per heavy atom. The number of aliphatic carboxylic acids is 1. The van der Waals surface area contributed by atoms with Gasteiger partial charge in [-0.2, -0.15) is 0 Å².